The van der Waals surface area contributed by atoms with Crippen LogP contribution in [0.15, 0.2) is 6.07 Å². The Morgan fingerprint density at radius 1 is 1.21 bits per heavy atom. The molecule has 106 valence electrons. The second kappa shape index (κ2) is 6.19. The number of aryl methyl sites for hydroxylation is 1. The normalized spacial score (nSPS) is 18.6. The first-order valence-electron chi connectivity index (χ1n) is 7.26. The lowest BCUT2D eigenvalue weighted by Gasteiger charge is -2.38. The molecule has 2 heterocycles. The fourth-order valence-corrected chi connectivity index (χ4v) is 2.47. The van der Waals surface area contributed by atoms with Crippen LogP contribution in [0.25, 0.3) is 0 Å². The minimum atomic E-state index is 0.575. The summed E-state index contributed by atoms with van der Waals surface area (Å²) in [5, 5.41) is 0. The predicted molar refractivity (Wildman–Crippen MR) is 79.4 cm³/mol. The smallest absolute Gasteiger partial charge is 0.134 e. The van der Waals surface area contributed by atoms with Crippen molar-refractivity contribution >= 4 is 11.6 Å². The molecule has 19 heavy (non-hydrogen) atoms. The van der Waals surface area contributed by atoms with Gasteiger partial charge in [-0.15, -0.1) is 0 Å². The molecule has 1 aromatic rings. The Balaban J connectivity index is 2.03. The number of nitrogen functional groups attached to an aromatic ring is 1. The van der Waals surface area contributed by atoms with Gasteiger partial charge in [0.15, 0.2) is 0 Å². The molecule has 2 N–H and O–H groups in total. The molecule has 0 spiro atoms. The molecular formula is C14H25N5. The maximum absolute atomic E-state index is 5.85. The number of aromatic nitrogens is 2. The molecule has 1 aliphatic rings. The van der Waals surface area contributed by atoms with E-state index >= 15 is 0 Å². The van der Waals surface area contributed by atoms with Crippen molar-refractivity contribution in [2.24, 2.45) is 0 Å². The first-order valence-corrected chi connectivity index (χ1v) is 7.26. The summed E-state index contributed by atoms with van der Waals surface area (Å²) in [5.41, 5.74) is 5.85. The van der Waals surface area contributed by atoms with Crippen molar-refractivity contribution in [3.8, 4) is 0 Å². The van der Waals surface area contributed by atoms with Crippen molar-refractivity contribution < 1.29 is 0 Å². The van der Waals surface area contributed by atoms with E-state index in [1.165, 1.54) is 6.42 Å². The number of nitrogens with two attached hydrogens (primary N) is 1. The monoisotopic (exact) mass is 263 g/mol. The minimum Gasteiger partial charge on any atom is -0.384 e. The van der Waals surface area contributed by atoms with Crippen LogP contribution in [-0.2, 0) is 6.42 Å². The van der Waals surface area contributed by atoms with Gasteiger partial charge in [0.25, 0.3) is 0 Å². The molecule has 0 aromatic carbocycles. The summed E-state index contributed by atoms with van der Waals surface area (Å²) in [6.07, 6.45) is 2.03. The van der Waals surface area contributed by atoms with Gasteiger partial charge >= 0.3 is 0 Å². The van der Waals surface area contributed by atoms with Crippen molar-refractivity contribution in [3.05, 3.63) is 11.9 Å². The van der Waals surface area contributed by atoms with E-state index in [-0.39, 0.29) is 0 Å². The summed E-state index contributed by atoms with van der Waals surface area (Å²) in [7, 11) is 0. The number of rotatable bonds is 4. The SMILES string of the molecule is CCc1nc(N)cc(N2CCN(C(C)CC)CC2)n1. The lowest BCUT2D eigenvalue weighted by atomic mass is 10.2. The largest absolute Gasteiger partial charge is 0.384 e. The maximum atomic E-state index is 5.85. The van der Waals surface area contributed by atoms with Crippen molar-refractivity contribution in [1.29, 1.82) is 0 Å². The molecule has 0 amide bonds. The van der Waals surface area contributed by atoms with E-state index in [1.54, 1.807) is 0 Å². The zero-order valence-electron chi connectivity index (χ0n) is 12.3. The van der Waals surface area contributed by atoms with Gasteiger partial charge in [0.05, 0.1) is 0 Å². The van der Waals surface area contributed by atoms with E-state index in [0.717, 1.165) is 44.2 Å². The molecule has 1 fully saturated rings. The maximum Gasteiger partial charge on any atom is 0.134 e. The van der Waals surface area contributed by atoms with Gasteiger partial charge < -0.3 is 10.6 Å². The van der Waals surface area contributed by atoms with Crippen molar-refractivity contribution in [2.45, 2.75) is 39.7 Å². The van der Waals surface area contributed by atoms with Gasteiger partial charge in [-0.3, -0.25) is 4.90 Å². The molecule has 2 rings (SSSR count). The highest BCUT2D eigenvalue weighted by Gasteiger charge is 2.21. The predicted octanol–water partition coefficient (Wildman–Crippen LogP) is 1.54. The van der Waals surface area contributed by atoms with Crippen molar-refractivity contribution in [1.82, 2.24) is 14.9 Å². The average molecular weight is 263 g/mol. The molecule has 1 saturated heterocycles. The van der Waals surface area contributed by atoms with Gasteiger partial charge in [0, 0.05) is 44.7 Å². The molecule has 0 saturated carbocycles. The Morgan fingerprint density at radius 3 is 2.47 bits per heavy atom. The highest BCUT2D eigenvalue weighted by atomic mass is 15.3. The molecule has 1 aliphatic heterocycles. The van der Waals surface area contributed by atoms with Crippen LogP contribution in [0.1, 0.15) is 33.0 Å². The lowest BCUT2D eigenvalue weighted by Crippen LogP contribution is -2.49. The topological polar surface area (TPSA) is 58.3 Å². The second-order valence-electron chi connectivity index (χ2n) is 5.20. The van der Waals surface area contributed by atoms with E-state index in [2.05, 4.69) is 40.5 Å². The molecule has 0 aliphatic carbocycles. The third-order valence-corrected chi connectivity index (χ3v) is 3.95. The fraction of sp³-hybridized carbons (Fsp3) is 0.714. The van der Waals surface area contributed by atoms with Crippen LogP contribution < -0.4 is 10.6 Å². The number of nitrogens with zero attached hydrogens (tertiary/aromatic N) is 4. The van der Waals surface area contributed by atoms with E-state index in [1.807, 2.05) is 6.07 Å². The Hall–Kier alpha value is -1.36. The molecule has 5 nitrogen and oxygen atoms in total. The van der Waals surface area contributed by atoms with Gasteiger partial charge in [0.2, 0.25) is 0 Å². The zero-order chi connectivity index (χ0) is 13.8. The molecular weight excluding hydrogens is 238 g/mol. The first-order chi connectivity index (χ1) is 9.13. The second-order valence-corrected chi connectivity index (χ2v) is 5.20. The van der Waals surface area contributed by atoms with Gasteiger partial charge in [-0.2, -0.15) is 0 Å². The van der Waals surface area contributed by atoms with Gasteiger partial charge in [0.1, 0.15) is 17.5 Å². The van der Waals surface area contributed by atoms with Crippen molar-refractivity contribution in [3.63, 3.8) is 0 Å². The Morgan fingerprint density at radius 2 is 1.89 bits per heavy atom. The first kappa shape index (κ1) is 14.1. The average Bonchev–Trinajstić information content (AvgIpc) is 2.46. The van der Waals surface area contributed by atoms with Crippen LogP contribution in [0.3, 0.4) is 0 Å². The van der Waals surface area contributed by atoms with Crippen molar-refractivity contribution in [2.75, 3.05) is 36.8 Å². The molecule has 1 atom stereocenters. The molecule has 1 unspecified atom stereocenters. The molecule has 0 bridgehead atoms. The Bertz CT molecular complexity index is 412. The van der Waals surface area contributed by atoms with E-state index in [4.69, 9.17) is 5.73 Å². The summed E-state index contributed by atoms with van der Waals surface area (Å²) in [5.74, 6) is 2.39. The number of anilines is 2. The fourth-order valence-electron chi connectivity index (χ4n) is 2.47. The van der Waals surface area contributed by atoms with Crippen LogP contribution in [-0.4, -0.2) is 47.1 Å². The van der Waals surface area contributed by atoms with Crippen LogP contribution in [0.5, 0.6) is 0 Å². The third-order valence-electron chi connectivity index (χ3n) is 3.95. The highest BCUT2D eigenvalue weighted by molar-refractivity contribution is 5.47. The van der Waals surface area contributed by atoms with Gasteiger partial charge in [-0.25, -0.2) is 9.97 Å². The van der Waals surface area contributed by atoms with Gasteiger partial charge in [-0.05, 0) is 13.3 Å². The van der Waals surface area contributed by atoms with Crippen LogP contribution in [0.4, 0.5) is 11.6 Å². The summed E-state index contributed by atoms with van der Waals surface area (Å²) in [4.78, 5) is 13.7. The molecule has 5 heteroatoms. The summed E-state index contributed by atoms with van der Waals surface area (Å²) >= 11 is 0. The van der Waals surface area contributed by atoms with E-state index < -0.39 is 0 Å². The Labute approximate surface area is 115 Å². The molecule has 0 radical (unpaired) electrons. The zero-order valence-corrected chi connectivity index (χ0v) is 12.3. The Kier molecular flexibility index (Phi) is 4.58. The lowest BCUT2D eigenvalue weighted by molar-refractivity contribution is 0.192. The van der Waals surface area contributed by atoms with Crippen LogP contribution in [0.2, 0.25) is 0 Å². The molecule has 1 aromatic heterocycles. The number of piperazine rings is 1. The summed E-state index contributed by atoms with van der Waals surface area (Å²) in [6, 6.07) is 2.56. The van der Waals surface area contributed by atoms with Gasteiger partial charge in [-0.1, -0.05) is 13.8 Å². The minimum absolute atomic E-state index is 0.575. The third kappa shape index (κ3) is 3.35. The van der Waals surface area contributed by atoms with Crippen LogP contribution >= 0.6 is 0 Å². The standard InChI is InChI=1S/C14H25N5/c1-4-11(3)18-6-8-19(9-7-18)14-10-12(15)16-13(5-2)17-14/h10-11H,4-9H2,1-3H3,(H2,15,16,17). The van der Waals surface area contributed by atoms with Crippen LogP contribution in [0, 0.1) is 0 Å². The summed E-state index contributed by atoms with van der Waals surface area (Å²) in [6.45, 7) is 10.8. The summed E-state index contributed by atoms with van der Waals surface area (Å²) < 4.78 is 0. The quantitative estimate of drug-likeness (QED) is 0.893. The number of hydrogen-bond acceptors (Lipinski definition) is 5. The van der Waals surface area contributed by atoms with E-state index in [9.17, 15) is 0 Å². The van der Waals surface area contributed by atoms with E-state index in [0.29, 0.717) is 11.9 Å². The highest BCUT2D eigenvalue weighted by Crippen LogP contribution is 2.17. The number of hydrogen-bond donors (Lipinski definition) is 1.